The van der Waals surface area contributed by atoms with Gasteiger partial charge >= 0.3 is 6.09 Å². The maximum Gasteiger partial charge on any atom is 0.409 e. The van der Waals surface area contributed by atoms with E-state index in [2.05, 4.69) is 4.74 Å². The summed E-state index contributed by atoms with van der Waals surface area (Å²) in [6.45, 7) is 0.590. The highest BCUT2D eigenvalue weighted by atomic mass is 16.6. The molecule has 14 heavy (non-hydrogen) atoms. The number of likely N-dealkylation sites (tertiary alicyclic amines) is 1. The molecule has 1 aliphatic rings. The van der Waals surface area contributed by atoms with Crippen LogP contribution in [0, 0.1) is 5.92 Å². The van der Waals surface area contributed by atoms with E-state index in [1.165, 1.54) is 4.90 Å². The van der Waals surface area contributed by atoms with Gasteiger partial charge in [0.1, 0.15) is 6.61 Å². The molecule has 6 heteroatoms. The van der Waals surface area contributed by atoms with Gasteiger partial charge in [-0.15, -0.1) is 0 Å². The normalized spacial score (nSPS) is 20.9. The van der Waals surface area contributed by atoms with Gasteiger partial charge in [0, 0.05) is 13.1 Å². The number of nitrogens with two attached hydrogens (primary N) is 1. The lowest BCUT2D eigenvalue weighted by atomic mass is 10.1. The number of carbonyl (C=O) groups is 2. The van der Waals surface area contributed by atoms with Gasteiger partial charge in [0.15, 0.2) is 0 Å². The first-order valence-electron chi connectivity index (χ1n) is 4.47. The summed E-state index contributed by atoms with van der Waals surface area (Å²) < 4.78 is 4.69. The summed E-state index contributed by atoms with van der Waals surface area (Å²) in [7, 11) is 0. The Bertz CT molecular complexity index is 231. The van der Waals surface area contributed by atoms with Crippen molar-refractivity contribution in [2.45, 2.75) is 6.42 Å². The minimum absolute atomic E-state index is 0.0173. The molecule has 6 nitrogen and oxygen atoms in total. The number of hydrogen-bond donors (Lipinski definition) is 2. The Morgan fingerprint density at radius 1 is 1.57 bits per heavy atom. The molecule has 0 bridgehead atoms. The zero-order valence-corrected chi connectivity index (χ0v) is 7.81. The third-order valence-corrected chi connectivity index (χ3v) is 2.17. The van der Waals surface area contributed by atoms with Crippen molar-refractivity contribution in [1.82, 2.24) is 4.90 Å². The maximum absolute atomic E-state index is 11.2. The highest BCUT2D eigenvalue weighted by molar-refractivity contribution is 5.78. The standard InChI is InChI=1S/C8H14N2O4/c9-7(12)6-1-2-10(5-6)8(13)14-4-3-11/h6,11H,1-5H2,(H2,9,12). The van der Waals surface area contributed by atoms with Gasteiger partial charge in [0.2, 0.25) is 5.91 Å². The zero-order valence-electron chi connectivity index (χ0n) is 7.81. The van der Waals surface area contributed by atoms with Gasteiger partial charge in [-0.05, 0) is 6.42 Å². The first-order chi connectivity index (χ1) is 6.65. The Morgan fingerprint density at radius 3 is 2.79 bits per heavy atom. The third kappa shape index (κ3) is 2.59. The van der Waals surface area contributed by atoms with Crippen LogP contribution in [0.5, 0.6) is 0 Å². The Kier molecular flexibility index (Phi) is 3.70. The van der Waals surface area contributed by atoms with E-state index in [4.69, 9.17) is 10.8 Å². The van der Waals surface area contributed by atoms with Crippen LogP contribution in [0.1, 0.15) is 6.42 Å². The first-order valence-corrected chi connectivity index (χ1v) is 4.47. The number of rotatable bonds is 3. The molecule has 0 aromatic heterocycles. The van der Waals surface area contributed by atoms with Crippen molar-refractivity contribution in [2.75, 3.05) is 26.3 Å². The lowest BCUT2D eigenvalue weighted by molar-refractivity contribution is -0.121. The average Bonchev–Trinajstić information content (AvgIpc) is 2.62. The number of aliphatic hydroxyl groups excluding tert-OH is 1. The number of ether oxygens (including phenoxy) is 1. The largest absolute Gasteiger partial charge is 0.447 e. The second-order valence-electron chi connectivity index (χ2n) is 3.17. The lowest BCUT2D eigenvalue weighted by Gasteiger charge is -2.14. The number of nitrogens with zero attached hydrogens (tertiary/aromatic N) is 1. The summed E-state index contributed by atoms with van der Waals surface area (Å²) in [5.74, 6) is -0.654. The molecule has 0 aromatic rings. The monoisotopic (exact) mass is 202 g/mol. The molecule has 1 fully saturated rings. The molecule has 0 aromatic carbocycles. The fourth-order valence-electron chi connectivity index (χ4n) is 1.38. The molecule has 1 unspecified atom stereocenters. The van der Waals surface area contributed by atoms with Crippen LogP contribution in [0.2, 0.25) is 0 Å². The van der Waals surface area contributed by atoms with Crippen LogP contribution >= 0.6 is 0 Å². The molecule has 1 rings (SSSR count). The van der Waals surface area contributed by atoms with Crippen LogP contribution in [0.3, 0.4) is 0 Å². The fraction of sp³-hybridized carbons (Fsp3) is 0.750. The molecule has 1 saturated heterocycles. The summed E-state index contributed by atoms with van der Waals surface area (Å²) in [4.78, 5) is 23.4. The van der Waals surface area contributed by atoms with Crippen molar-refractivity contribution < 1.29 is 19.4 Å². The highest BCUT2D eigenvalue weighted by Crippen LogP contribution is 2.16. The van der Waals surface area contributed by atoms with Crippen molar-refractivity contribution in [2.24, 2.45) is 11.7 Å². The van der Waals surface area contributed by atoms with Crippen LogP contribution in [-0.4, -0.2) is 48.3 Å². The van der Waals surface area contributed by atoms with Crippen molar-refractivity contribution in [3.05, 3.63) is 0 Å². The molecule has 1 heterocycles. The second kappa shape index (κ2) is 4.80. The zero-order chi connectivity index (χ0) is 10.6. The van der Waals surface area contributed by atoms with E-state index >= 15 is 0 Å². The summed E-state index contributed by atoms with van der Waals surface area (Å²) in [5, 5.41) is 8.43. The van der Waals surface area contributed by atoms with Gasteiger partial charge in [-0.3, -0.25) is 4.79 Å². The number of amides is 2. The SMILES string of the molecule is NC(=O)C1CCN(C(=O)OCCO)C1. The number of hydrogen-bond acceptors (Lipinski definition) is 4. The van der Waals surface area contributed by atoms with Gasteiger partial charge in [0.05, 0.1) is 12.5 Å². The minimum Gasteiger partial charge on any atom is -0.447 e. The van der Waals surface area contributed by atoms with Gasteiger partial charge in [-0.25, -0.2) is 4.79 Å². The van der Waals surface area contributed by atoms with Crippen LogP contribution in [0.25, 0.3) is 0 Å². The molecular formula is C8H14N2O4. The van der Waals surface area contributed by atoms with Crippen molar-refractivity contribution >= 4 is 12.0 Å². The Balaban J connectivity index is 2.34. The number of primary amides is 1. The van der Waals surface area contributed by atoms with E-state index in [0.29, 0.717) is 19.5 Å². The van der Waals surface area contributed by atoms with Gasteiger partial charge in [-0.2, -0.15) is 0 Å². The van der Waals surface area contributed by atoms with E-state index in [1.807, 2.05) is 0 Å². The molecule has 0 saturated carbocycles. The third-order valence-electron chi connectivity index (χ3n) is 2.17. The molecule has 1 atom stereocenters. The molecule has 0 radical (unpaired) electrons. The maximum atomic E-state index is 11.2. The quantitative estimate of drug-likeness (QED) is 0.609. The molecule has 1 aliphatic heterocycles. The van der Waals surface area contributed by atoms with Crippen LogP contribution in [0.4, 0.5) is 4.79 Å². The Hall–Kier alpha value is -1.30. The van der Waals surface area contributed by atoms with E-state index in [0.717, 1.165) is 0 Å². The number of aliphatic hydroxyl groups is 1. The van der Waals surface area contributed by atoms with E-state index in [-0.39, 0.29) is 25.0 Å². The first kappa shape index (κ1) is 10.8. The van der Waals surface area contributed by atoms with E-state index < -0.39 is 6.09 Å². The van der Waals surface area contributed by atoms with E-state index in [9.17, 15) is 9.59 Å². The minimum atomic E-state index is -0.497. The van der Waals surface area contributed by atoms with Gasteiger partial charge < -0.3 is 20.5 Å². The predicted octanol–water partition coefficient (Wildman–Crippen LogP) is -1.08. The topological polar surface area (TPSA) is 92.9 Å². The Labute approximate surface area is 81.6 Å². The lowest BCUT2D eigenvalue weighted by Crippen LogP contribution is -2.32. The average molecular weight is 202 g/mol. The fourth-order valence-corrected chi connectivity index (χ4v) is 1.38. The summed E-state index contributed by atoms with van der Waals surface area (Å²) in [6, 6.07) is 0. The van der Waals surface area contributed by atoms with Crippen LogP contribution in [-0.2, 0) is 9.53 Å². The summed E-state index contributed by atoms with van der Waals surface area (Å²) in [5.41, 5.74) is 5.10. The van der Waals surface area contributed by atoms with Crippen molar-refractivity contribution in [3.63, 3.8) is 0 Å². The molecular weight excluding hydrogens is 188 g/mol. The molecule has 3 N–H and O–H groups in total. The Morgan fingerprint density at radius 2 is 2.29 bits per heavy atom. The van der Waals surface area contributed by atoms with Gasteiger partial charge in [0.25, 0.3) is 0 Å². The van der Waals surface area contributed by atoms with Crippen LogP contribution in [0.15, 0.2) is 0 Å². The van der Waals surface area contributed by atoms with Crippen molar-refractivity contribution in [1.29, 1.82) is 0 Å². The second-order valence-corrected chi connectivity index (χ2v) is 3.17. The predicted molar refractivity (Wildman–Crippen MR) is 47.3 cm³/mol. The van der Waals surface area contributed by atoms with Crippen molar-refractivity contribution in [3.8, 4) is 0 Å². The van der Waals surface area contributed by atoms with Crippen LogP contribution < -0.4 is 5.73 Å². The molecule has 2 amide bonds. The van der Waals surface area contributed by atoms with Gasteiger partial charge in [-0.1, -0.05) is 0 Å². The molecule has 0 spiro atoms. The molecule has 80 valence electrons. The smallest absolute Gasteiger partial charge is 0.409 e. The van der Waals surface area contributed by atoms with E-state index in [1.54, 1.807) is 0 Å². The highest BCUT2D eigenvalue weighted by Gasteiger charge is 2.30. The summed E-state index contributed by atoms with van der Waals surface area (Å²) in [6.07, 6.45) is 0.0895. The number of carbonyl (C=O) groups excluding carboxylic acids is 2. The summed E-state index contributed by atoms with van der Waals surface area (Å²) >= 11 is 0. The molecule has 0 aliphatic carbocycles.